The van der Waals surface area contributed by atoms with Gasteiger partial charge < -0.3 is 5.73 Å². The highest BCUT2D eigenvalue weighted by Crippen LogP contribution is 2.28. The van der Waals surface area contributed by atoms with Crippen LogP contribution in [0.25, 0.3) is 11.1 Å². The van der Waals surface area contributed by atoms with Crippen LogP contribution in [-0.4, -0.2) is 9.78 Å². The molecule has 4 heteroatoms. The number of aromatic nitrogens is 2. The Labute approximate surface area is 113 Å². The molecule has 2 aromatic rings. The average Bonchev–Trinajstić information content (AvgIpc) is 2.66. The average molecular weight is 261 g/mol. The van der Waals surface area contributed by atoms with Crippen LogP contribution in [0.2, 0.25) is 0 Å². The van der Waals surface area contributed by atoms with Gasteiger partial charge in [0, 0.05) is 29.9 Å². The van der Waals surface area contributed by atoms with E-state index in [1.807, 2.05) is 17.7 Å². The minimum Gasteiger partial charge on any atom is -0.326 e. The van der Waals surface area contributed by atoms with Gasteiger partial charge in [0.05, 0.1) is 5.69 Å². The highest BCUT2D eigenvalue weighted by molar-refractivity contribution is 5.69. The van der Waals surface area contributed by atoms with Gasteiger partial charge in [-0.2, -0.15) is 5.10 Å². The van der Waals surface area contributed by atoms with E-state index in [0.29, 0.717) is 5.56 Å². The van der Waals surface area contributed by atoms with E-state index in [4.69, 9.17) is 5.73 Å². The highest BCUT2D eigenvalue weighted by Gasteiger charge is 2.14. The van der Waals surface area contributed by atoms with E-state index in [2.05, 4.69) is 18.9 Å². The van der Waals surface area contributed by atoms with Crippen molar-refractivity contribution in [3.05, 3.63) is 41.0 Å². The van der Waals surface area contributed by atoms with Crippen LogP contribution in [0.4, 0.5) is 4.39 Å². The monoisotopic (exact) mass is 261 g/mol. The van der Waals surface area contributed by atoms with E-state index in [1.165, 1.54) is 6.07 Å². The third-order valence-electron chi connectivity index (χ3n) is 3.37. The molecule has 1 aromatic carbocycles. The molecule has 0 aliphatic heterocycles. The van der Waals surface area contributed by atoms with Gasteiger partial charge in [-0.15, -0.1) is 0 Å². The van der Waals surface area contributed by atoms with Crippen LogP contribution in [0.5, 0.6) is 0 Å². The fraction of sp³-hybridized carbons (Fsp3) is 0.400. The Balaban J connectivity index is 2.52. The summed E-state index contributed by atoms with van der Waals surface area (Å²) in [6.45, 7) is 7.27. The first-order chi connectivity index (χ1) is 9.08. The maximum atomic E-state index is 13.5. The van der Waals surface area contributed by atoms with E-state index in [0.717, 1.165) is 35.5 Å². The molecule has 0 spiro atoms. The van der Waals surface area contributed by atoms with Crippen LogP contribution in [0.1, 0.15) is 30.3 Å². The summed E-state index contributed by atoms with van der Waals surface area (Å²) in [6.07, 6.45) is 1.04. The van der Waals surface area contributed by atoms with Crippen molar-refractivity contribution in [1.82, 2.24) is 9.78 Å². The molecule has 0 unspecified atom stereocenters. The van der Waals surface area contributed by atoms with Crippen molar-refractivity contribution in [2.45, 2.75) is 40.3 Å². The lowest BCUT2D eigenvalue weighted by Gasteiger charge is -2.07. The number of nitrogens with two attached hydrogens (primary N) is 1. The lowest BCUT2D eigenvalue weighted by atomic mass is 10.0. The highest BCUT2D eigenvalue weighted by atomic mass is 19.1. The van der Waals surface area contributed by atoms with E-state index in [9.17, 15) is 4.39 Å². The molecule has 0 aliphatic rings. The standard InChI is InChI=1S/C15H20FN3/c1-4-7-19-11(3)15(10(2)18-19)12-5-6-14(16)13(8-12)9-17/h5-6,8H,4,7,9,17H2,1-3H3. The molecule has 1 heterocycles. The number of hydrogen-bond donors (Lipinski definition) is 1. The second kappa shape index (κ2) is 5.53. The molecule has 3 nitrogen and oxygen atoms in total. The Bertz CT molecular complexity index is 587. The van der Waals surface area contributed by atoms with Crippen molar-refractivity contribution < 1.29 is 4.39 Å². The summed E-state index contributed by atoms with van der Waals surface area (Å²) in [6, 6.07) is 5.10. The summed E-state index contributed by atoms with van der Waals surface area (Å²) in [7, 11) is 0. The molecule has 0 saturated carbocycles. The second-order valence-electron chi connectivity index (χ2n) is 4.78. The van der Waals surface area contributed by atoms with Crippen LogP contribution < -0.4 is 5.73 Å². The third-order valence-corrected chi connectivity index (χ3v) is 3.37. The van der Waals surface area contributed by atoms with Crippen molar-refractivity contribution in [1.29, 1.82) is 0 Å². The van der Waals surface area contributed by atoms with Gasteiger partial charge in [-0.25, -0.2) is 4.39 Å². The second-order valence-corrected chi connectivity index (χ2v) is 4.78. The predicted molar refractivity (Wildman–Crippen MR) is 75.3 cm³/mol. The molecule has 0 fully saturated rings. The Morgan fingerprint density at radius 2 is 2.05 bits per heavy atom. The Kier molecular flexibility index (Phi) is 4.00. The van der Waals surface area contributed by atoms with Crippen LogP contribution in [0, 0.1) is 19.7 Å². The van der Waals surface area contributed by atoms with Crippen LogP contribution >= 0.6 is 0 Å². The van der Waals surface area contributed by atoms with Gasteiger partial charge >= 0.3 is 0 Å². The van der Waals surface area contributed by atoms with Crippen molar-refractivity contribution in [2.24, 2.45) is 5.73 Å². The van der Waals surface area contributed by atoms with E-state index < -0.39 is 0 Å². The zero-order valence-corrected chi connectivity index (χ0v) is 11.7. The molecule has 2 rings (SSSR count). The van der Waals surface area contributed by atoms with Gasteiger partial charge in [0.2, 0.25) is 0 Å². The number of aryl methyl sites for hydroxylation is 2. The minimum atomic E-state index is -0.248. The first kappa shape index (κ1) is 13.7. The molecule has 2 N–H and O–H groups in total. The summed E-state index contributed by atoms with van der Waals surface area (Å²) in [5.41, 5.74) is 10.3. The SMILES string of the molecule is CCCn1nc(C)c(-c2ccc(F)c(CN)c2)c1C. The van der Waals surface area contributed by atoms with Gasteiger partial charge in [-0.05, 0) is 38.0 Å². The summed E-state index contributed by atoms with van der Waals surface area (Å²) in [4.78, 5) is 0. The molecule has 0 radical (unpaired) electrons. The molecule has 0 saturated heterocycles. The van der Waals surface area contributed by atoms with Crippen molar-refractivity contribution in [3.8, 4) is 11.1 Å². The lowest BCUT2D eigenvalue weighted by Crippen LogP contribution is -2.02. The largest absolute Gasteiger partial charge is 0.326 e. The Morgan fingerprint density at radius 3 is 2.68 bits per heavy atom. The summed E-state index contributed by atoms with van der Waals surface area (Å²) in [5.74, 6) is -0.248. The normalized spacial score (nSPS) is 11.0. The number of rotatable bonds is 4. The van der Waals surface area contributed by atoms with E-state index in [1.54, 1.807) is 6.07 Å². The molecule has 0 atom stereocenters. The van der Waals surface area contributed by atoms with Gasteiger partial charge in [0.1, 0.15) is 5.82 Å². The quantitative estimate of drug-likeness (QED) is 0.918. The van der Waals surface area contributed by atoms with Gasteiger partial charge in [0.25, 0.3) is 0 Å². The molecule has 0 amide bonds. The van der Waals surface area contributed by atoms with Crippen molar-refractivity contribution in [2.75, 3.05) is 0 Å². The fourth-order valence-corrected chi connectivity index (χ4v) is 2.43. The van der Waals surface area contributed by atoms with E-state index >= 15 is 0 Å². The first-order valence-electron chi connectivity index (χ1n) is 6.61. The van der Waals surface area contributed by atoms with Crippen LogP contribution in [0.3, 0.4) is 0 Å². The number of halogens is 1. The topological polar surface area (TPSA) is 43.8 Å². The Hall–Kier alpha value is -1.68. The van der Waals surface area contributed by atoms with Gasteiger partial charge in [0.15, 0.2) is 0 Å². The summed E-state index contributed by atoms with van der Waals surface area (Å²) >= 11 is 0. The molecule has 1 aromatic heterocycles. The van der Waals surface area contributed by atoms with Gasteiger partial charge in [-0.3, -0.25) is 4.68 Å². The van der Waals surface area contributed by atoms with Crippen molar-refractivity contribution in [3.63, 3.8) is 0 Å². The molecule has 19 heavy (non-hydrogen) atoms. The molecular formula is C15H20FN3. The number of nitrogens with zero attached hydrogens (tertiary/aromatic N) is 2. The predicted octanol–water partition coefficient (Wildman–Crippen LogP) is 3.17. The number of benzene rings is 1. The first-order valence-corrected chi connectivity index (χ1v) is 6.61. The lowest BCUT2D eigenvalue weighted by molar-refractivity contribution is 0.583. The molecular weight excluding hydrogens is 241 g/mol. The zero-order chi connectivity index (χ0) is 14.0. The summed E-state index contributed by atoms with van der Waals surface area (Å²) < 4.78 is 15.5. The summed E-state index contributed by atoms with van der Waals surface area (Å²) in [5, 5.41) is 4.55. The fourth-order valence-electron chi connectivity index (χ4n) is 2.43. The smallest absolute Gasteiger partial charge is 0.127 e. The van der Waals surface area contributed by atoms with Crippen LogP contribution in [-0.2, 0) is 13.1 Å². The Morgan fingerprint density at radius 1 is 1.32 bits per heavy atom. The van der Waals surface area contributed by atoms with Crippen LogP contribution in [0.15, 0.2) is 18.2 Å². The van der Waals surface area contributed by atoms with Crippen molar-refractivity contribution >= 4 is 0 Å². The third kappa shape index (κ3) is 2.54. The molecule has 0 bridgehead atoms. The maximum Gasteiger partial charge on any atom is 0.127 e. The maximum absolute atomic E-state index is 13.5. The minimum absolute atomic E-state index is 0.209. The molecule has 102 valence electrons. The molecule has 0 aliphatic carbocycles. The van der Waals surface area contributed by atoms with Gasteiger partial charge in [-0.1, -0.05) is 13.0 Å². The zero-order valence-electron chi connectivity index (χ0n) is 11.7. The van der Waals surface area contributed by atoms with E-state index in [-0.39, 0.29) is 12.4 Å². The number of hydrogen-bond acceptors (Lipinski definition) is 2.